The zero-order valence-electron chi connectivity index (χ0n) is 9.48. The van der Waals surface area contributed by atoms with Crippen molar-refractivity contribution >= 4 is 34.1 Å². The molecule has 0 bridgehead atoms. The molecule has 88 valence electrons. The largest absolute Gasteiger partial charge is 0.456 e. The molecule has 3 nitrogen and oxygen atoms in total. The summed E-state index contributed by atoms with van der Waals surface area (Å²) in [5, 5.41) is 0. The van der Waals surface area contributed by atoms with Crippen LogP contribution < -0.4 is 5.73 Å². The Kier molecular flexibility index (Phi) is 4.15. The Labute approximate surface area is 105 Å². The Morgan fingerprint density at radius 1 is 1.44 bits per heavy atom. The molecule has 0 saturated carbocycles. The maximum Gasteiger partial charge on any atom is 0.339 e. The molecule has 0 saturated heterocycles. The van der Waals surface area contributed by atoms with Crippen LogP contribution in [-0.4, -0.2) is 11.6 Å². The van der Waals surface area contributed by atoms with E-state index in [9.17, 15) is 4.79 Å². The van der Waals surface area contributed by atoms with E-state index in [-0.39, 0.29) is 5.97 Å². The first-order chi connectivity index (χ1) is 7.33. The zero-order chi connectivity index (χ0) is 12.3. The van der Waals surface area contributed by atoms with Gasteiger partial charge in [-0.05, 0) is 39.0 Å². The van der Waals surface area contributed by atoms with Crippen LogP contribution in [-0.2, 0) is 4.74 Å². The van der Waals surface area contributed by atoms with E-state index in [0.29, 0.717) is 11.3 Å². The van der Waals surface area contributed by atoms with Crippen molar-refractivity contribution < 1.29 is 9.53 Å². The smallest absolute Gasteiger partial charge is 0.339 e. The number of hydrogen-bond donors (Lipinski definition) is 2. The summed E-state index contributed by atoms with van der Waals surface area (Å²) in [6, 6.07) is 5.09. The molecule has 1 aromatic carbocycles. The van der Waals surface area contributed by atoms with Gasteiger partial charge >= 0.3 is 5.97 Å². The number of esters is 1. The van der Waals surface area contributed by atoms with Gasteiger partial charge in [-0.3, -0.25) is 0 Å². The number of benzene rings is 1. The molecule has 0 aromatic heterocycles. The summed E-state index contributed by atoms with van der Waals surface area (Å²) in [6.07, 6.45) is 0. The Morgan fingerprint density at radius 2 is 2.06 bits per heavy atom. The molecule has 0 fully saturated rings. The fourth-order valence-corrected chi connectivity index (χ4v) is 1.97. The molecule has 0 unspecified atom stereocenters. The van der Waals surface area contributed by atoms with Gasteiger partial charge in [0.15, 0.2) is 0 Å². The number of rotatable bonds is 2. The molecule has 2 N–H and O–H groups in total. The first kappa shape index (κ1) is 13.3. The average molecular weight is 257 g/mol. The number of thiol groups is 1. The van der Waals surface area contributed by atoms with Crippen molar-refractivity contribution in [3.05, 3.63) is 23.8 Å². The molecule has 0 amide bonds. The van der Waals surface area contributed by atoms with E-state index in [2.05, 4.69) is 11.7 Å². The third-order valence-corrected chi connectivity index (χ3v) is 2.86. The topological polar surface area (TPSA) is 52.3 Å². The Morgan fingerprint density at radius 3 is 2.56 bits per heavy atom. The average Bonchev–Trinajstić information content (AvgIpc) is 2.15. The second-order valence-corrected chi connectivity index (χ2v) is 5.52. The van der Waals surface area contributed by atoms with Crippen LogP contribution in [0.1, 0.15) is 31.1 Å². The van der Waals surface area contributed by atoms with Gasteiger partial charge in [-0.1, -0.05) is 10.8 Å². The number of anilines is 1. The number of carbonyl (C=O) groups excluding carboxylic acids is 1. The molecule has 5 heteroatoms. The maximum atomic E-state index is 11.9. The van der Waals surface area contributed by atoms with Crippen molar-refractivity contribution in [3.8, 4) is 0 Å². The standard InChI is InChI=1S/C11H15NO2S2/c1-11(2,3)14-10(13)8-6-7(12)4-5-9(8)16-15/h4-6,15H,12H2,1-3H3. The molecule has 1 rings (SSSR count). The van der Waals surface area contributed by atoms with E-state index >= 15 is 0 Å². The fraction of sp³-hybridized carbons (Fsp3) is 0.364. The molecule has 0 spiro atoms. The lowest BCUT2D eigenvalue weighted by atomic mass is 10.1. The fourth-order valence-electron chi connectivity index (χ4n) is 1.12. The van der Waals surface area contributed by atoms with E-state index in [4.69, 9.17) is 10.5 Å². The third-order valence-electron chi connectivity index (χ3n) is 1.72. The highest BCUT2D eigenvalue weighted by atomic mass is 33.1. The van der Waals surface area contributed by atoms with Crippen LogP contribution >= 0.6 is 22.5 Å². The van der Waals surface area contributed by atoms with E-state index in [1.54, 1.807) is 18.2 Å². The Bertz CT molecular complexity index is 399. The third kappa shape index (κ3) is 3.64. The molecule has 0 heterocycles. The molecular formula is C11H15NO2S2. The van der Waals surface area contributed by atoms with Crippen LogP contribution in [0.2, 0.25) is 0 Å². The summed E-state index contributed by atoms with van der Waals surface area (Å²) in [6.45, 7) is 5.47. The van der Waals surface area contributed by atoms with Crippen molar-refractivity contribution in [3.63, 3.8) is 0 Å². The second-order valence-electron chi connectivity index (χ2n) is 4.35. The minimum absolute atomic E-state index is 0.378. The Balaban J connectivity index is 3.02. The van der Waals surface area contributed by atoms with Gasteiger partial charge in [0.2, 0.25) is 0 Å². The number of carbonyl (C=O) groups is 1. The summed E-state index contributed by atoms with van der Waals surface area (Å²) >= 11 is 4.09. The van der Waals surface area contributed by atoms with E-state index < -0.39 is 5.60 Å². The van der Waals surface area contributed by atoms with Gasteiger partial charge in [-0.15, -0.1) is 11.7 Å². The predicted molar refractivity (Wildman–Crippen MR) is 70.9 cm³/mol. The highest BCUT2D eigenvalue weighted by Crippen LogP contribution is 2.28. The molecule has 0 atom stereocenters. The van der Waals surface area contributed by atoms with Crippen molar-refractivity contribution in [2.24, 2.45) is 0 Å². The van der Waals surface area contributed by atoms with E-state index in [0.717, 1.165) is 4.90 Å². The van der Waals surface area contributed by atoms with Crippen molar-refractivity contribution in [2.75, 3.05) is 5.73 Å². The first-order valence-corrected chi connectivity index (χ1v) is 6.64. The molecule has 1 aromatic rings. The normalized spacial score (nSPS) is 11.2. The molecule has 0 aliphatic rings. The highest BCUT2D eigenvalue weighted by molar-refractivity contribution is 8.68. The van der Waals surface area contributed by atoms with Gasteiger partial charge < -0.3 is 10.5 Å². The van der Waals surface area contributed by atoms with Crippen molar-refractivity contribution in [1.29, 1.82) is 0 Å². The SMILES string of the molecule is CC(C)(C)OC(=O)c1cc(N)ccc1SS. The quantitative estimate of drug-likeness (QED) is 0.370. The second kappa shape index (κ2) is 5.01. The summed E-state index contributed by atoms with van der Waals surface area (Å²) < 4.78 is 5.28. The van der Waals surface area contributed by atoms with Gasteiger partial charge in [-0.25, -0.2) is 4.79 Å². The first-order valence-electron chi connectivity index (χ1n) is 4.78. The van der Waals surface area contributed by atoms with Crippen LogP contribution in [0.25, 0.3) is 0 Å². The van der Waals surface area contributed by atoms with Gasteiger partial charge in [0, 0.05) is 10.6 Å². The van der Waals surface area contributed by atoms with Gasteiger partial charge in [0.05, 0.1) is 5.56 Å². The number of ether oxygens (including phenoxy) is 1. The minimum Gasteiger partial charge on any atom is -0.456 e. The summed E-state index contributed by atoms with van der Waals surface area (Å²) in [4.78, 5) is 12.6. The molecule has 0 radical (unpaired) electrons. The molecule has 0 aliphatic carbocycles. The lowest BCUT2D eigenvalue weighted by Gasteiger charge is -2.20. The van der Waals surface area contributed by atoms with Gasteiger partial charge in [0.25, 0.3) is 0 Å². The maximum absolute atomic E-state index is 11.9. The summed E-state index contributed by atoms with van der Waals surface area (Å²) in [5.74, 6) is -0.378. The molecule has 0 aliphatic heterocycles. The Hall–Kier alpha value is -0.810. The van der Waals surface area contributed by atoms with Crippen LogP contribution in [0.5, 0.6) is 0 Å². The number of nitrogen functional groups attached to an aromatic ring is 1. The number of nitrogens with two attached hydrogens (primary N) is 1. The predicted octanol–water partition coefficient (Wildman–Crippen LogP) is 3.16. The highest BCUT2D eigenvalue weighted by Gasteiger charge is 2.20. The van der Waals surface area contributed by atoms with Crippen molar-refractivity contribution in [1.82, 2.24) is 0 Å². The monoisotopic (exact) mass is 257 g/mol. The van der Waals surface area contributed by atoms with Crippen LogP contribution in [0.4, 0.5) is 5.69 Å². The van der Waals surface area contributed by atoms with Crippen molar-refractivity contribution in [2.45, 2.75) is 31.3 Å². The lowest BCUT2D eigenvalue weighted by Crippen LogP contribution is -2.24. The summed E-state index contributed by atoms with van der Waals surface area (Å²) in [7, 11) is 1.20. The molecule has 16 heavy (non-hydrogen) atoms. The van der Waals surface area contributed by atoms with Crippen LogP contribution in [0, 0.1) is 0 Å². The van der Waals surface area contributed by atoms with E-state index in [1.807, 2.05) is 20.8 Å². The van der Waals surface area contributed by atoms with Crippen LogP contribution in [0.3, 0.4) is 0 Å². The number of hydrogen-bond acceptors (Lipinski definition) is 5. The zero-order valence-corrected chi connectivity index (χ0v) is 11.2. The van der Waals surface area contributed by atoms with Crippen LogP contribution in [0.15, 0.2) is 23.1 Å². The summed E-state index contributed by atoms with van der Waals surface area (Å²) in [5.41, 5.74) is 6.12. The van der Waals surface area contributed by atoms with Gasteiger partial charge in [0.1, 0.15) is 5.60 Å². The van der Waals surface area contributed by atoms with E-state index in [1.165, 1.54) is 10.8 Å². The molecular weight excluding hydrogens is 242 g/mol. The lowest BCUT2D eigenvalue weighted by molar-refractivity contribution is 0.00657. The van der Waals surface area contributed by atoms with Gasteiger partial charge in [-0.2, -0.15) is 0 Å². The minimum atomic E-state index is -0.514.